The van der Waals surface area contributed by atoms with Gasteiger partial charge in [-0.1, -0.05) is 0 Å². The van der Waals surface area contributed by atoms with Gasteiger partial charge < -0.3 is 14.6 Å². The van der Waals surface area contributed by atoms with E-state index in [9.17, 15) is 25.2 Å². The van der Waals surface area contributed by atoms with Gasteiger partial charge in [0.1, 0.15) is 12.2 Å². The van der Waals surface area contributed by atoms with Gasteiger partial charge in [0.05, 0.1) is 24.8 Å². The largest absolute Gasteiger partial charge is 0.463 e. The fourth-order valence-electron chi connectivity index (χ4n) is 2.00. The van der Waals surface area contributed by atoms with Gasteiger partial charge in [-0.2, -0.15) is 20.8 Å². The molecule has 0 bridgehead atoms. The number of ether oxygens (including phenoxy) is 2. The molecule has 0 fully saturated rings. The molecule has 0 aromatic carbocycles. The number of Topliss-reactive ketones (excluding diaryl/α,β-unsaturated/α-hetero) is 1. The Morgan fingerprint density at radius 1 is 0.966 bits per heavy atom. The van der Waals surface area contributed by atoms with Crippen LogP contribution in [-0.4, -0.2) is 52.9 Å². The van der Waals surface area contributed by atoms with Crippen LogP contribution in [0.3, 0.4) is 0 Å². The van der Waals surface area contributed by atoms with Gasteiger partial charge >= 0.3 is 5.97 Å². The number of nitriles is 2. The Balaban J connectivity index is 4.79. The summed E-state index contributed by atoms with van der Waals surface area (Å²) >= 11 is 0. The molecule has 29 heavy (non-hydrogen) atoms. The zero-order chi connectivity index (χ0) is 22.7. The third-order valence-corrected chi connectivity index (χ3v) is 4.11. The Labute approximate surface area is 172 Å². The molecule has 0 rings (SSSR count). The van der Waals surface area contributed by atoms with Gasteiger partial charge in [0.2, 0.25) is 0 Å². The normalized spacial score (nSPS) is 15.9. The summed E-state index contributed by atoms with van der Waals surface area (Å²) in [5, 5.41) is 36.5. The van der Waals surface area contributed by atoms with E-state index >= 15 is 0 Å². The smallest absolute Gasteiger partial charge is 0.305 e. The number of carbonyl (C=O) groups is 2. The molecule has 0 aliphatic rings. The molecule has 0 heterocycles. The summed E-state index contributed by atoms with van der Waals surface area (Å²) in [6.07, 6.45) is 0.0753. The van der Waals surface area contributed by atoms with Crippen LogP contribution in [0.15, 0.2) is 10.2 Å². The highest BCUT2D eigenvalue weighted by Crippen LogP contribution is 2.24. The summed E-state index contributed by atoms with van der Waals surface area (Å²) in [7, 11) is 0. The molecule has 0 aromatic rings. The maximum Gasteiger partial charge on any atom is 0.305 e. The highest BCUT2D eigenvalue weighted by Gasteiger charge is 2.32. The van der Waals surface area contributed by atoms with Gasteiger partial charge in [-0.05, 0) is 54.4 Å². The van der Waals surface area contributed by atoms with E-state index in [4.69, 9.17) is 9.47 Å². The average Bonchev–Trinajstić information content (AvgIpc) is 2.65. The van der Waals surface area contributed by atoms with Crippen molar-refractivity contribution in [2.75, 3.05) is 13.2 Å². The highest BCUT2D eigenvalue weighted by molar-refractivity contribution is 5.86. The molecule has 2 atom stereocenters. The van der Waals surface area contributed by atoms with E-state index in [0.717, 1.165) is 0 Å². The number of carbonyl (C=O) groups excluding carboxylic acids is 2. The van der Waals surface area contributed by atoms with Crippen LogP contribution < -0.4 is 0 Å². The fraction of sp³-hybridized carbons (Fsp3) is 0.800. The zero-order valence-electron chi connectivity index (χ0n) is 18.2. The lowest BCUT2D eigenvalue weighted by Crippen LogP contribution is -2.33. The molecule has 0 amide bonds. The van der Waals surface area contributed by atoms with Crippen molar-refractivity contribution in [1.29, 1.82) is 10.5 Å². The number of azo groups is 1. The van der Waals surface area contributed by atoms with Gasteiger partial charge in [-0.25, -0.2) is 0 Å². The summed E-state index contributed by atoms with van der Waals surface area (Å²) in [5.74, 6) is -0.894. The molecule has 0 aliphatic carbocycles. The molecule has 0 spiro atoms. The van der Waals surface area contributed by atoms with Gasteiger partial charge in [-0.3, -0.25) is 9.59 Å². The van der Waals surface area contributed by atoms with E-state index in [-0.39, 0.29) is 38.4 Å². The van der Waals surface area contributed by atoms with Crippen molar-refractivity contribution in [3.63, 3.8) is 0 Å². The van der Waals surface area contributed by atoms with Crippen LogP contribution in [0.5, 0.6) is 0 Å². The Morgan fingerprint density at radius 3 is 1.86 bits per heavy atom. The summed E-state index contributed by atoms with van der Waals surface area (Å²) < 4.78 is 10.3. The van der Waals surface area contributed by atoms with Gasteiger partial charge in [0.15, 0.2) is 16.9 Å². The van der Waals surface area contributed by atoms with Crippen molar-refractivity contribution in [3.05, 3.63) is 0 Å². The summed E-state index contributed by atoms with van der Waals surface area (Å²) in [4.78, 5) is 23.7. The number of rotatable bonds is 13. The molecule has 9 heteroatoms. The van der Waals surface area contributed by atoms with Crippen LogP contribution >= 0.6 is 0 Å². The number of hydrogen-bond acceptors (Lipinski definition) is 9. The van der Waals surface area contributed by atoms with Crippen LogP contribution in [0.1, 0.15) is 67.2 Å². The van der Waals surface area contributed by atoms with Crippen LogP contribution in [-0.2, 0) is 19.1 Å². The van der Waals surface area contributed by atoms with Crippen LogP contribution in [0.2, 0.25) is 0 Å². The van der Waals surface area contributed by atoms with Crippen molar-refractivity contribution < 1.29 is 24.2 Å². The van der Waals surface area contributed by atoms with Crippen molar-refractivity contribution in [3.8, 4) is 12.1 Å². The summed E-state index contributed by atoms with van der Waals surface area (Å²) in [6, 6.07) is 3.97. The molecule has 0 aromatic heterocycles. The Hall–Kier alpha value is -2.36. The van der Waals surface area contributed by atoms with E-state index in [0.29, 0.717) is 6.61 Å². The SMILES string of the molecule is CC(C)OCCOC(=O)CCC(C)(C#N)N=NC(C)(C#N)CCC(=O)C(C)(C)O. The molecular weight excluding hydrogens is 376 g/mol. The standard InChI is InChI=1S/C20H32N4O5/c1-15(2)28-11-12-29-17(26)8-10-20(6,14-22)24-23-19(5,13-21)9-7-16(25)18(3,4)27/h15,27H,7-12H2,1-6H3. The second kappa shape index (κ2) is 11.6. The van der Waals surface area contributed by atoms with Crippen molar-refractivity contribution in [1.82, 2.24) is 0 Å². The number of aliphatic hydroxyl groups is 1. The maximum absolute atomic E-state index is 11.9. The molecular formula is C20H32N4O5. The molecule has 0 saturated heterocycles. The second-order valence-corrected chi connectivity index (χ2v) is 8.09. The Kier molecular flexibility index (Phi) is 10.7. The third kappa shape index (κ3) is 11.3. The zero-order valence-corrected chi connectivity index (χ0v) is 18.2. The van der Waals surface area contributed by atoms with E-state index in [1.165, 1.54) is 27.7 Å². The molecule has 0 saturated carbocycles. The minimum atomic E-state index is -1.49. The minimum absolute atomic E-state index is 0.0365. The van der Waals surface area contributed by atoms with Crippen LogP contribution in [0.25, 0.3) is 0 Å². The summed E-state index contributed by atoms with van der Waals surface area (Å²) in [5.41, 5.74) is -4.13. The first-order valence-corrected chi connectivity index (χ1v) is 9.56. The maximum atomic E-state index is 11.9. The van der Waals surface area contributed by atoms with E-state index in [1.54, 1.807) is 0 Å². The number of hydrogen-bond donors (Lipinski definition) is 1. The van der Waals surface area contributed by atoms with Crippen LogP contribution in [0.4, 0.5) is 0 Å². The lowest BCUT2D eigenvalue weighted by Gasteiger charge is -2.21. The molecule has 0 aliphatic heterocycles. The highest BCUT2D eigenvalue weighted by atomic mass is 16.6. The quantitative estimate of drug-likeness (QED) is 0.280. The molecule has 162 valence electrons. The molecule has 2 unspecified atom stereocenters. The molecule has 0 radical (unpaired) electrons. The predicted molar refractivity (Wildman–Crippen MR) is 105 cm³/mol. The topological polar surface area (TPSA) is 145 Å². The number of nitrogens with zero attached hydrogens (tertiary/aromatic N) is 4. The molecule has 9 nitrogen and oxygen atoms in total. The Morgan fingerprint density at radius 2 is 1.45 bits per heavy atom. The molecule has 1 N–H and O–H groups in total. The number of ketones is 1. The predicted octanol–water partition coefficient (Wildman–Crippen LogP) is 2.87. The first kappa shape index (κ1) is 26.6. The fourth-order valence-corrected chi connectivity index (χ4v) is 2.00. The van der Waals surface area contributed by atoms with E-state index in [1.807, 2.05) is 26.0 Å². The lowest BCUT2D eigenvalue weighted by atomic mass is 9.92. The van der Waals surface area contributed by atoms with E-state index < -0.39 is 28.4 Å². The average molecular weight is 408 g/mol. The van der Waals surface area contributed by atoms with Crippen molar-refractivity contribution >= 4 is 11.8 Å². The monoisotopic (exact) mass is 408 g/mol. The Bertz CT molecular complexity index is 672. The van der Waals surface area contributed by atoms with Gasteiger partial charge in [-0.15, -0.1) is 0 Å². The lowest BCUT2D eigenvalue weighted by molar-refractivity contribution is -0.146. The minimum Gasteiger partial charge on any atom is -0.463 e. The number of esters is 1. The van der Waals surface area contributed by atoms with Gasteiger partial charge in [0.25, 0.3) is 0 Å². The van der Waals surface area contributed by atoms with Gasteiger partial charge in [0, 0.05) is 12.8 Å². The van der Waals surface area contributed by atoms with Crippen molar-refractivity contribution in [2.45, 2.75) is 90.0 Å². The first-order valence-electron chi connectivity index (χ1n) is 9.56. The van der Waals surface area contributed by atoms with E-state index in [2.05, 4.69) is 10.2 Å². The third-order valence-electron chi connectivity index (χ3n) is 4.11. The second-order valence-electron chi connectivity index (χ2n) is 8.09. The van der Waals surface area contributed by atoms with Crippen LogP contribution in [0, 0.1) is 22.7 Å². The summed E-state index contributed by atoms with van der Waals surface area (Å²) in [6.45, 7) is 9.93. The first-order chi connectivity index (χ1) is 13.3. The van der Waals surface area contributed by atoms with Crippen molar-refractivity contribution in [2.24, 2.45) is 10.2 Å².